The van der Waals surface area contributed by atoms with Gasteiger partial charge in [0, 0.05) is 30.7 Å². The molecule has 1 aromatic carbocycles. The number of hydrogen-bond donors (Lipinski definition) is 2. The van der Waals surface area contributed by atoms with E-state index in [1.54, 1.807) is 12.1 Å². The highest BCUT2D eigenvalue weighted by molar-refractivity contribution is 5.21. The van der Waals surface area contributed by atoms with E-state index in [0.29, 0.717) is 12.1 Å². The van der Waals surface area contributed by atoms with Crippen LogP contribution < -0.4 is 5.32 Å². The van der Waals surface area contributed by atoms with E-state index in [0.717, 1.165) is 6.54 Å². The molecule has 2 N–H and O–H groups in total. The molecule has 1 aliphatic heterocycles. The van der Waals surface area contributed by atoms with Crippen molar-refractivity contribution in [3.63, 3.8) is 0 Å². The SMILES string of the molecule is CC(c1ccccc1F)N(C)[C@H]1CNC[C@@H]1O. The van der Waals surface area contributed by atoms with Crippen LogP contribution >= 0.6 is 0 Å². The van der Waals surface area contributed by atoms with E-state index in [4.69, 9.17) is 0 Å². The van der Waals surface area contributed by atoms with E-state index in [1.807, 2.05) is 24.9 Å². The second-order valence-electron chi connectivity index (χ2n) is 4.66. The Labute approximate surface area is 101 Å². The normalized spacial score (nSPS) is 26.4. The maximum absolute atomic E-state index is 13.7. The summed E-state index contributed by atoms with van der Waals surface area (Å²) in [5.41, 5.74) is 0.675. The fourth-order valence-corrected chi connectivity index (χ4v) is 2.39. The summed E-state index contributed by atoms with van der Waals surface area (Å²) < 4.78 is 13.7. The summed E-state index contributed by atoms with van der Waals surface area (Å²) in [5, 5.41) is 13.0. The first kappa shape index (κ1) is 12.5. The summed E-state index contributed by atoms with van der Waals surface area (Å²) in [5.74, 6) is -0.188. The van der Waals surface area contributed by atoms with Crippen molar-refractivity contribution in [2.24, 2.45) is 0 Å². The maximum atomic E-state index is 13.7. The highest BCUT2D eigenvalue weighted by Gasteiger charge is 2.31. The van der Waals surface area contributed by atoms with Crippen molar-refractivity contribution in [2.45, 2.75) is 25.1 Å². The number of likely N-dealkylation sites (N-methyl/N-ethyl adjacent to an activating group) is 1. The second-order valence-corrected chi connectivity index (χ2v) is 4.66. The molecule has 0 spiro atoms. The Morgan fingerprint density at radius 2 is 2.12 bits per heavy atom. The zero-order valence-electron chi connectivity index (χ0n) is 10.2. The average molecular weight is 238 g/mol. The average Bonchev–Trinajstić information content (AvgIpc) is 2.74. The molecule has 3 atom stereocenters. The molecule has 0 bridgehead atoms. The first-order chi connectivity index (χ1) is 8.11. The molecule has 1 heterocycles. The topological polar surface area (TPSA) is 35.5 Å². The number of nitrogens with zero attached hydrogens (tertiary/aromatic N) is 1. The van der Waals surface area contributed by atoms with Crippen LogP contribution in [0.1, 0.15) is 18.5 Å². The van der Waals surface area contributed by atoms with Gasteiger partial charge in [0.25, 0.3) is 0 Å². The third-order valence-electron chi connectivity index (χ3n) is 3.64. The van der Waals surface area contributed by atoms with Crippen LogP contribution in [0, 0.1) is 5.82 Å². The summed E-state index contributed by atoms with van der Waals surface area (Å²) in [7, 11) is 1.93. The molecule has 94 valence electrons. The van der Waals surface area contributed by atoms with Gasteiger partial charge in [-0.2, -0.15) is 0 Å². The Bertz CT molecular complexity index is 385. The number of benzene rings is 1. The molecular formula is C13H19FN2O. The summed E-state index contributed by atoms with van der Waals surface area (Å²) in [4.78, 5) is 2.03. The van der Waals surface area contributed by atoms with Crippen molar-refractivity contribution in [3.8, 4) is 0 Å². The molecular weight excluding hydrogens is 219 g/mol. The van der Waals surface area contributed by atoms with E-state index < -0.39 is 0 Å². The molecule has 0 amide bonds. The fraction of sp³-hybridized carbons (Fsp3) is 0.538. The lowest BCUT2D eigenvalue weighted by Crippen LogP contribution is -2.42. The van der Waals surface area contributed by atoms with Crippen LogP contribution in [-0.2, 0) is 0 Å². The Kier molecular flexibility index (Phi) is 3.76. The monoisotopic (exact) mass is 238 g/mol. The van der Waals surface area contributed by atoms with Crippen LogP contribution in [0.4, 0.5) is 4.39 Å². The Balaban J connectivity index is 2.14. The van der Waals surface area contributed by atoms with Gasteiger partial charge in [-0.15, -0.1) is 0 Å². The number of rotatable bonds is 3. The molecule has 17 heavy (non-hydrogen) atoms. The molecule has 1 fully saturated rings. The lowest BCUT2D eigenvalue weighted by molar-refractivity contribution is 0.0767. The van der Waals surface area contributed by atoms with Crippen molar-refractivity contribution >= 4 is 0 Å². The van der Waals surface area contributed by atoms with Gasteiger partial charge in [0.2, 0.25) is 0 Å². The van der Waals surface area contributed by atoms with Crippen molar-refractivity contribution in [3.05, 3.63) is 35.6 Å². The van der Waals surface area contributed by atoms with Crippen molar-refractivity contribution in [1.29, 1.82) is 0 Å². The van der Waals surface area contributed by atoms with Crippen LogP contribution in [-0.4, -0.2) is 42.3 Å². The molecule has 1 unspecified atom stereocenters. The summed E-state index contributed by atoms with van der Waals surface area (Å²) in [6, 6.07) is 6.80. The van der Waals surface area contributed by atoms with Gasteiger partial charge in [-0.25, -0.2) is 4.39 Å². The second kappa shape index (κ2) is 5.12. The molecule has 4 heteroatoms. The minimum Gasteiger partial charge on any atom is -0.390 e. The Hall–Kier alpha value is -0.970. The molecule has 3 nitrogen and oxygen atoms in total. The molecule has 0 saturated carbocycles. The standard InChI is InChI=1S/C13H19FN2O/c1-9(10-5-3-4-6-11(10)14)16(2)12-7-15-8-13(12)17/h3-6,9,12-13,15,17H,7-8H2,1-2H3/t9?,12-,13-/m0/s1. The van der Waals surface area contributed by atoms with E-state index in [9.17, 15) is 9.50 Å². The van der Waals surface area contributed by atoms with E-state index >= 15 is 0 Å². The fourth-order valence-electron chi connectivity index (χ4n) is 2.39. The Morgan fingerprint density at radius 3 is 2.71 bits per heavy atom. The predicted octanol–water partition coefficient (Wildman–Crippen LogP) is 1.15. The summed E-state index contributed by atoms with van der Waals surface area (Å²) in [6.07, 6.45) is -0.380. The van der Waals surface area contributed by atoms with Gasteiger partial charge in [0.1, 0.15) is 5.82 Å². The van der Waals surface area contributed by atoms with E-state index in [1.165, 1.54) is 6.07 Å². The zero-order valence-corrected chi connectivity index (χ0v) is 10.2. The smallest absolute Gasteiger partial charge is 0.127 e. The molecule has 0 radical (unpaired) electrons. The van der Waals surface area contributed by atoms with Gasteiger partial charge in [0.05, 0.1) is 6.10 Å². The molecule has 0 aromatic heterocycles. The molecule has 1 aromatic rings. The summed E-state index contributed by atoms with van der Waals surface area (Å²) in [6.45, 7) is 3.32. The van der Waals surface area contributed by atoms with Crippen LogP contribution in [0.3, 0.4) is 0 Å². The van der Waals surface area contributed by atoms with E-state index in [2.05, 4.69) is 5.32 Å². The maximum Gasteiger partial charge on any atom is 0.127 e. The number of aliphatic hydroxyl groups is 1. The molecule has 1 saturated heterocycles. The van der Waals surface area contributed by atoms with Gasteiger partial charge in [0.15, 0.2) is 0 Å². The van der Waals surface area contributed by atoms with Crippen LogP contribution in [0.15, 0.2) is 24.3 Å². The third kappa shape index (κ3) is 2.49. The van der Waals surface area contributed by atoms with Crippen molar-refractivity contribution < 1.29 is 9.50 Å². The van der Waals surface area contributed by atoms with E-state index in [-0.39, 0.29) is 24.0 Å². The van der Waals surface area contributed by atoms with Crippen LogP contribution in [0.25, 0.3) is 0 Å². The number of β-amino-alcohol motifs (C(OH)–C–C–N with tert-alkyl or cyclic N) is 1. The lowest BCUT2D eigenvalue weighted by atomic mass is 10.0. The van der Waals surface area contributed by atoms with Crippen molar-refractivity contribution in [2.75, 3.05) is 20.1 Å². The minimum atomic E-state index is -0.380. The number of hydrogen-bond acceptors (Lipinski definition) is 3. The van der Waals surface area contributed by atoms with Crippen LogP contribution in [0.2, 0.25) is 0 Å². The molecule has 0 aliphatic carbocycles. The van der Waals surface area contributed by atoms with Gasteiger partial charge >= 0.3 is 0 Å². The van der Waals surface area contributed by atoms with Crippen molar-refractivity contribution in [1.82, 2.24) is 10.2 Å². The van der Waals surface area contributed by atoms with Gasteiger partial charge in [-0.3, -0.25) is 4.90 Å². The Morgan fingerprint density at radius 1 is 1.41 bits per heavy atom. The largest absolute Gasteiger partial charge is 0.390 e. The van der Waals surface area contributed by atoms with Gasteiger partial charge in [-0.1, -0.05) is 18.2 Å². The number of aliphatic hydroxyl groups excluding tert-OH is 1. The minimum absolute atomic E-state index is 0.0456. The zero-order chi connectivity index (χ0) is 12.4. The van der Waals surface area contributed by atoms with Crippen LogP contribution in [0.5, 0.6) is 0 Å². The first-order valence-corrected chi connectivity index (χ1v) is 5.96. The first-order valence-electron chi connectivity index (χ1n) is 5.96. The van der Waals surface area contributed by atoms with Gasteiger partial charge < -0.3 is 10.4 Å². The number of nitrogens with one attached hydrogen (secondary N) is 1. The summed E-state index contributed by atoms with van der Waals surface area (Å²) >= 11 is 0. The third-order valence-corrected chi connectivity index (χ3v) is 3.64. The molecule has 2 rings (SSSR count). The van der Waals surface area contributed by atoms with Gasteiger partial charge in [-0.05, 0) is 20.0 Å². The molecule has 1 aliphatic rings. The quantitative estimate of drug-likeness (QED) is 0.829. The highest BCUT2D eigenvalue weighted by atomic mass is 19.1. The highest BCUT2D eigenvalue weighted by Crippen LogP contribution is 2.25. The predicted molar refractivity (Wildman–Crippen MR) is 65.2 cm³/mol. The lowest BCUT2D eigenvalue weighted by Gasteiger charge is -2.32. The number of halogens is 1.